The molecule has 1 aliphatic heterocycles. The number of carbonyl (C=O) groups is 3. The van der Waals surface area contributed by atoms with E-state index in [9.17, 15) is 14.4 Å². The molecule has 0 unspecified atom stereocenters. The number of carbonyl (C=O) groups excluding carboxylic acids is 3. The Morgan fingerprint density at radius 3 is 2.24 bits per heavy atom. The molecule has 3 fully saturated rings. The van der Waals surface area contributed by atoms with Gasteiger partial charge in [0.1, 0.15) is 11.5 Å². The third-order valence-electron chi connectivity index (χ3n) is 7.71. The fraction of sp³-hybridized carbons (Fsp3) is 0.346. The number of hydrogen-bond acceptors (Lipinski definition) is 5. The highest BCUT2D eigenvalue weighted by Crippen LogP contribution is 2.65. The monoisotopic (exact) mass is 444 g/mol. The van der Waals surface area contributed by atoms with Gasteiger partial charge in [-0.05, 0) is 54.4 Å². The van der Waals surface area contributed by atoms with Crippen LogP contribution in [0, 0.1) is 35.5 Å². The average molecular weight is 444 g/mol. The van der Waals surface area contributed by atoms with Crippen LogP contribution >= 0.6 is 0 Å². The summed E-state index contributed by atoms with van der Waals surface area (Å²) in [5.74, 6) is 0.921. The van der Waals surface area contributed by atoms with Crippen LogP contribution in [0.25, 0.3) is 0 Å². The summed E-state index contributed by atoms with van der Waals surface area (Å²) in [6.07, 6.45) is 5.39. The summed E-state index contributed by atoms with van der Waals surface area (Å²) in [7, 11) is 3.06. The largest absolute Gasteiger partial charge is 0.497 e. The second-order valence-corrected chi connectivity index (χ2v) is 9.20. The highest BCUT2D eigenvalue weighted by molar-refractivity contribution is 6.25. The third-order valence-corrected chi connectivity index (χ3v) is 7.71. The fourth-order valence-electron chi connectivity index (χ4n) is 6.16. The van der Waals surface area contributed by atoms with Gasteiger partial charge in [-0.15, -0.1) is 0 Å². The van der Waals surface area contributed by atoms with Gasteiger partial charge in [-0.25, -0.2) is 4.90 Å². The zero-order chi connectivity index (χ0) is 22.9. The van der Waals surface area contributed by atoms with E-state index in [4.69, 9.17) is 9.47 Å². The molecule has 1 saturated heterocycles. The van der Waals surface area contributed by atoms with Gasteiger partial charge in [0.05, 0.1) is 43.0 Å². The van der Waals surface area contributed by atoms with Crippen LogP contribution in [0.15, 0.2) is 54.6 Å². The van der Waals surface area contributed by atoms with Gasteiger partial charge in [0.2, 0.25) is 11.8 Å². The molecule has 2 saturated carbocycles. The summed E-state index contributed by atoms with van der Waals surface area (Å²) in [5.41, 5.74) is 1.02. The molecule has 7 heteroatoms. The highest BCUT2D eigenvalue weighted by Gasteiger charge is 2.67. The molecule has 7 nitrogen and oxygen atoms in total. The van der Waals surface area contributed by atoms with Crippen molar-refractivity contribution in [2.75, 3.05) is 24.4 Å². The van der Waals surface area contributed by atoms with E-state index in [0.29, 0.717) is 34.7 Å². The number of allylic oxidation sites excluding steroid dienone is 2. The van der Waals surface area contributed by atoms with Gasteiger partial charge in [-0.3, -0.25) is 14.4 Å². The number of imide groups is 1. The lowest BCUT2D eigenvalue weighted by Gasteiger charge is -2.37. The van der Waals surface area contributed by atoms with Crippen molar-refractivity contribution in [2.45, 2.75) is 6.42 Å². The predicted molar refractivity (Wildman–Crippen MR) is 121 cm³/mol. The van der Waals surface area contributed by atoms with Crippen LogP contribution in [-0.4, -0.2) is 31.9 Å². The lowest BCUT2D eigenvalue weighted by atomic mass is 9.63. The smallest absolute Gasteiger partial charge is 0.257 e. The molecule has 7 rings (SSSR count). The van der Waals surface area contributed by atoms with E-state index >= 15 is 0 Å². The Hall–Kier alpha value is -3.61. The lowest BCUT2D eigenvalue weighted by molar-refractivity contribution is -0.124. The summed E-state index contributed by atoms with van der Waals surface area (Å²) in [4.78, 5) is 41.6. The Kier molecular flexibility index (Phi) is 4.37. The van der Waals surface area contributed by atoms with Crippen LogP contribution in [0.1, 0.15) is 16.8 Å². The molecule has 2 bridgehead atoms. The first kappa shape index (κ1) is 20.0. The van der Waals surface area contributed by atoms with Gasteiger partial charge in [0, 0.05) is 6.07 Å². The van der Waals surface area contributed by atoms with Crippen LogP contribution in [-0.2, 0) is 9.59 Å². The number of benzene rings is 2. The van der Waals surface area contributed by atoms with E-state index in [0.717, 1.165) is 6.42 Å². The lowest BCUT2D eigenvalue weighted by Crippen LogP contribution is -2.40. The number of anilines is 2. The number of para-hydroxylation sites is 1. The van der Waals surface area contributed by atoms with Crippen molar-refractivity contribution in [2.24, 2.45) is 35.5 Å². The number of ether oxygens (including phenoxy) is 2. The predicted octanol–water partition coefficient (Wildman–Crippen LogP) is 3.51. The molecular formula is C26H24N2O5. The molecule has 0 radical (unpaired) electrons. The summed E-state index contributed by atoms with van der Waals surface area (Å²) in [5, 5.41) is 2.85. The second kappa shape index (κ2) is 7.20. The first-order valence-electron chi connectivity index (χ1n) is 11.2. The zero-order valence-corrected chi connectivity index (χ0v) is 18.4. The van der Waals surface area contributed by atoms with Crippen molar-refractivity contribution in [3.8, 4) is 11.5 Å². The topological polar surface area (TPSA) is 84.9 Å². The van der Waals surface area contributed by atoms with Gasteiger partial charge in [-0.2, -0.15) is 0 Å². The maximum atomic E-state index is 13.5. The summed E-state index contributed by atoms with van der Waals surface area (Å²) >= 11 is 0. The van der Waals surface area contributed by atoms with Crippen molar-refractivity contribution in [3.63, 3.8) is 0 Å². The minimum absolute atomic E-state index is 0.133. The Labute approximate surface area is 191 Å². The Morgan fingerprint density at radius 2 is 1.61 bits per heavy atom. The van der Waals surface area contributed by atoms with Crippen LogP contribution in [0.4, 0.5) is 11.4 Å². The second-order valence-electron chi connectivity index (χ2n) is 9.20. The van der Waals surface area contributed by atoms with Crippen LogP contribution in [0.3, 0.4) is 0 Å². The molecule has 33 heavy (non-hydrogen) atoms. The highest BCUT2D eigenvalue weighted by atomic mass is 16.5. The number of rotatable bonds is 5. The first-order valence-corrected chi connectivity index (χ1v) is 11.2. The Bertz CT molecular complexity index is 1180. The molecule has 2 aromatic rings. The van der Waals surface area contributed by atoms with Gasteiger partial charge in [0.15, 0.2) is 0 Å². The summed E-state index contributed by atoms with van der Waals surface area (Å²) in [6.45, 7) is 0. The van der Waals surface area contributed by atoms with Gasteiger partial charge in [0.25, 0.3) is 5.91 Å². The molecule has 5 aliphatic rings. The van der Waals surface area contributed by atoms with E-state index in [1.165, 1.54) is 12.0 Å². The summed E-state index contributed by atoms with van der Waals surface area (Å²) in [6, 6.07) is 11.9. The molecule has 0 aromatic heterocycles. The van der Waals surface area contributed by atoms with Gasteiger partial charge >= 0.3 is 0 Å². The molecule has 6 atom stereocenters. The van der Waals surface area contributed by atoms with Gasteiger partial charge in [-0.1, -0.05) is 24.3 Å². The van der Waals surface area contributed by atoms with Crippen molar-refractivity contribution in [3.05, 3.63) is 60.2 Å². The van der Waals surface area contributed by atoms with Crippen molar-refractivity contribution >= 4 is 29.1 Å². The minimum atomic E-state index is -0.434. The quantitative estimate of drug-likeness (QED) is 0.564. The van der Waals surface area contributed by atoms with Crippen LogP contribution < -0.4 is 19.7 Å². The van der Waals surface area contributed by atoms with E-state index in [-0.39, 0.29) is 41.0 Å². The first-order chi connectivity index (χ1) is 16.0. The molecular weight excluding hydrogens is 420 g/mol. The van der Waals surface area contributed by atoms with Crippen molar-refractivity contribution in [1.29, 1.82) is 0 Å². The molecule has 4 aliphatic carbocycles. The average Bonchev–Trinajstić information content (AvgIpc) is 3.62. The molecule has 1 heterocycles. The van der Waals surface area contributed by atoms with Crippen LogP contribution in [0.5, 0.6) is 11.5 Å². The fourth-order valence-corrected chi connectivity index (χ4v) is 6.16. The Morgan fingerprint density at radius 1 is 0.939 bits per heavy atom. The standard InChI is InChI=1S/C26H24N2O5/c1-32-13-7-10-21(33-2)19(11-13)27-24(29)16-5-3-4-6-20(16)28-25(30)22-14-8-9-15(18-12-17(14)18)23(22)26(28)31/h3-11,14-15,17-18,22-23H,12H2,1-2H3,(H,27,29)/t14-,15-,17-,18-,22-,23+/m1/s1. The van der Waals surface area contributed by atoms with Gasteiger partial charge < -0.3 is 14.8 Å². The molecule has 1 N–H and O–H groups in total. The summed E-state index contributed by atoms with van der Waals surface area (Å²) < 4.78 is 10.6. The number of amides is 3. The molecule has 0 spiro atoms. The van der Waals surface area contributed by atoms with Crippen molar-refractivity contribution < 1.29 is 23.9 Å². The number of hydrogen-bond donors (Lipinski definition) is 1. The van der Waals surface area contributed by atoms with Crippen molar-refractivity contribution in [1.82, 2.24) is 0 Å². The third kappa shape index (κ3) is 2.84. The SMILES string of the molecule is COc1ccc(OC)c(NC(=O)c2ccccc2N2C(=O)[C@@H]3[C@@H]4C=C[C@H]([C@H]5C[C@H]45)[C@@H]3C2=O)c1. The molecule has 2 aromatic carbocycles. The number of nitrogens with zero attached hydrogens (tertiary/aromatic N) is 1. The number of nitrogens with one attached hydrogen (secondary N) is 1. The van der Waals surface area contributed by atoms with Crippen LogP contribution in [0.2, 0.25) is 0 Å². The zero-order valence-electron chi connectivity index (χ0n) is 18.4. The normalized spacial score (nSPS) is 30.7. The maximum Gasteiger partial charge on any atom is 0.257 e. The minimum Gasteiger partial charge on any atom is -0.497 e. The molecule has 168 valence electrons. The number of methoxy groups -OCH3 is 2. The van der Waals surface area contributed by atoms with E-state index in [2.05, 4.69) is 17.5 Å². The van der Waals surface area contributed by atoms with E-state index in [1.54, 1.807) is 49.6 Å². The molecule has 3 amide bonds. The maximum absolute atomic E-state index is 13.5. The van der Waals surface area contributed by atoms with E-state index < -0.39 is 5.91 Å². The Balaban J connectivity index is 1.34. The van der Waals surface area contributed by atoms with E-state index in [1.807, 2.05) is 0 Å².